The number of hydrogen-bond acceptors (Lipinski definition) is 7. The van der Waals surface area contributed by atoms with Gasteiger partial charge in [-0.1, -0.05) is 31.6 Å². The molecule has 1 aromatic heterocycles. The van der Waals surface area contributed by atoms with Crippen LogP contribution in [0.5, 0.6) is 0 Å². The molecule has 1 aromatic rings. The van der Waals surface area contributed by atoms with Gasteiger partial charge in [0.1, 0.15) is 6.61 Å². The number of aliphatic hydroxyl groups is 2. The first-order valence-corrected chi connectivity index (χ1v) is 13.3. The van der Waals surface area contributed by atoms with E-state index in [4.69, 9.17) is 4.84 Å². The fraction of sp³-hybridized carbons (Fsp3) is 0.593. The summed E-state index contributed by atoms with van der Waals surface area (Å²) in [6, 6.07) is 3.54. The van der Waals surface area contributed by atoms with Crippen molar-refractivity contribution in [3.05, 3.63) is 46.2 Å². The van der Waals surface area contributed by atoms with E-state index in [-0.39, 0.29) is 35.4 Å². The Morgan fingerprint density at radius 2 is 2.11 bits per heavy atom. The molecule has 4 aliphatic carbocycles. The highest BCUT2D eigenvalue weighted by atomic mass is 32.1. The van der Waals surface area contributed by atoms with Gasteiger partial charge in [0.05, 0.1) is 17.5 Å². The summed E-state index contributed by atoms with van der Waals surface area (Å²) in [5.41, 5.74) is -1.39. The third kappa shape index (κ3) is 2.91. The van der Waals surface area contributed by atoms with Crippen molar-refractivity contribution >= 4 is 28.8 Å². The van der Waals surface area contributed by atoms with E-state index in [9.17, 15) is 24.6 Å². The molecule has 8 atom stereocenters. The standard InChI is InChI=1S/C27H31NO6S/c1-25-8-7-17(30)10-15(25)5-6-18-19-11-16-13-28(24(33)21-4-3-9-35-21)34-27(16,22(32)14-29)26(19,2)12-20(31)23(18)25/h3-4,7-10,16,18-20,23,29,31H,5-6,11-14H2,1-2H3/t16-,18-,19-,20-,23+,25-,26-,27-/m0/s1. The summed E-state index contributed by atoms with van der Waals surface area (Å²) < 4.78 is 0. The molecule has 2 N–H and O–H groups in total. The Morgan fingerprint density at radius 3 is 2.83 bits per heavy atom. The molecule has 0 spiro atoms. The van der Waals surface area contributed by atoms with Crippen LogP contribution in [0.2, 0.25) is 0 Å². The summed E-state index contributed by atoms with van der Waals surface area (Å²) >= 11 is 1.33. The van der Waals surface area contributed by atoms with E-state index >= 15 is 0 Å². The first kappa shape index (κ1) is 23.3. The lowest BCUT2D eigenvalue weighted by atomic mass is 9.46. The molecule has 1 aliphatic heterocycles. The number of fused-ring (bicyclic) bond motifs is 7. The molecule has 6 rings (SSSR count). The van der Waals surface area contributed by atoms with Gasteiger partial charge < -0.3 is 10.2 Å². The van der Waals surface area contributed by atoms with Crippen molar-refractivity contribution in [1.82, 2.24) is 5.06 Å². The van der Waals surface area contributed by atoms with Gasteiger partial charge in [-0.15, -0.1) is 11.3 Å². The maximum atomic E-state index is 13.5. The van der Waals surface area contributed by atoms with Crippen LogP contribution in [0.4, 0.5) is 0 Å². The minimum absolute atomic E-state index is 0.00199. The van der Waals surface area contributed by atoms with Gasteiger partial charge in [0, 0.05) is 22.7 Å². The van der Waals surface area contributed by atoms with E-state index in [1.54, 1.807) is 24.3 Å². The van der Waals surface area contributed by atoms with Crippen molar-refractivity contribution in [3.8, 4) is 0 Å². The molecule has 5 aliphatic rings. The second kappa shape index (κ2) is 7.68. The van der Waals surface area contributed by atoms with Gasteiger partial charge in [-0.25, -0.2) is 5.06 Å². The largest absolute Gasteiger partial charge is 0.393 e. The van der Waals surface area contributed by atoms with Crippen LogP contribution in [0.1, 0.15) is 49.2 Å². The van der Waals surface area contributed by atoms with Crippen LogP contribution >= 0.6 is 11.3 Å². The monoisotopic (exact) mass is 497 g/mol. The van der Waals surface area contributed by atoms with Crippen molar-refractivity contribution in [2.24, 2.45) is 34.5 Å². The number of carbonyl (C=O) groups is 3. The average Bonchev–Trinajstić information content (AvgIpc) is 3.54. The van der Waals surface area contributed by atoms with E-state index in [0.717, 1.165) is 18.4 Å². The fourth-order valence-corrected chi connectivity index (χ4v) is 9.29. The lowest BCUT2D eigenvalue weighted by molar-refractivity contribution is -0.234. The Labute approximate surface area is 208 Å². The number of rotatable bonds is 3. The van der Waals surface area contributed by atoms with Crippen molar-refractivity contribution in [2.75, 3.05) is 13.2 Å². The highest BCUT2D eigenvalue weighted by Gasteiger charge is 2.75. The van der Waals surface area contributed by atoms with Crippen LogP contribution in [-0.2, 0) is 14.4 Å². The van der Waals surface area contributed by atoms with Crippen molar-refractivity contribution in [2.45, 2.75) is 51.2 Å². The van der Waals surface area contributed by atoms with E-state index in [1.807, 2.05) is 18.4 Å². The summed E-state index contributed by atoms with van der Waals surface area (Å²) in [5.74, 6) is -0.759. The predicted octanol–water partition coefficient (Wildman–Crippen LogP) is 2.94. The maximum Gasteiger partial charge on any atom is 0.287 e. The summed E-state index contributed by atoms with van der Waals surface area (Å²) in [5, 5.41) is 24.8. The maximum absolute atomic E-state index is 13.5. The number of allylic oxidation sites excluding steroid dienone is 4. The molecule has 1 saturated heterocycles. The van der Waals surface area contributed by atoms with Gasteiger partial charge >= 0.3 is 0 Å². The number of aliphatic hydroxyl groups excluding tert-OH is 2. The molecule has 0 aromatic carbocycles. The van der Waals surface area contributed by atoms with Gasteiger partial charge in [0.25, 0.3) is 5.91 Å². The van der Waals surface area contributed by atoms with Gasteiger partial charge in [-0.2, -0.15) is 0 Å². The van der Waals surface area contributed by atoms with Gasteiger partial charge in [0.2, 0.25) is 0 Å². The molecule has 8 heteroatoms. The van der Waals surface area contributed by atoms with E-state index in [0.29, 0.717) is 24.3 Å². The zero-order valence-electron chi connectivity index (χ0n) is 20.0. The molecular formula is C27H31NO6S. The Balaban J connectivity index is 1.39. The molecule has 0 radical (unpaired) electrons. The quantitative estimate of drug-likeness (QED) is 0.666. The molecule has 0 unspecified atom stereocenters. The van der Waals surface area contributed by atoms with Crippen LogP contribution in [-0.4, -0.2) is 57.6 Å². The molecule has 7 nitrogen and oxygen atoms in total. The van der Waals surface area contributed by atoms with E-state index < -0.39 is 34.9 Å². The summed E-state index contributed by atoms with van der Waals surface area (Å²) in [6.07, 6.45) is 7.25. The third-order valence-electron chi connectivity index (χ3n) is 10.0. The normalized spacial score (nSPS) is 43.8. The zero-order valence-corrected chi connectivity index (χ0v) is 20.8. The second-order valence-corrected chi connectivity index (χ2v) is 12.3. The fourth-order valence-electron chi connectivity index (χ4n) is 8.63. The van der Waals surface area contributed by atoms with Crippen LogP contribution in [0, 0.1) is 34.5 Å². The number of ketones is 2. The molecule has 4 fully saturated rings. The smallest absolute Gasteiger partial charge is 0.287 e. The Bertz CT molecular complexity index is 1160. The molecule has 1 amide bonds. The minimum Gasteiger partial charge on any atom is -0.393 e. The van der Waals surface area contributed by atoms with Crippen molar-refractivity contribution in [1.29, 1.82) is 0 Å². The summed E-state index contributed by atoms with van der Waals surface area (Å²) in [6.45, 7) is 3.75. The van der Waals surface area contributed by atoms with Gasteiger partial charge in [-0.05, 0) is 61.1 Å². The van der Waals surface area contributed by atoms with Crippen LogP contribution < -0.4 is 0 Å². The van der Waals surface area contributed by atoms with Gasteiger partial charge in [-0.3, -0.25) is 19.2 Å². The molecule has 0 bridgehead atoms. The second-order valence-electron chi connectivity index (χ2n) is 11.4. The molecule has 2 heterocycles. The zero-order chi connectivity index (χ0) is 24.8. The highest BCUT2D eigenvalue weighted by Crippen LogP contribution is 2.70. The van der Waals surface area contributed by atoms with Gasteiger partial charge in [0.15, 0.2) is 17.2 Å². The molecular weight excluding hydrogens is 466 g/mol. The SMILES string of the molecule is C[C@]12C=CC(=O)C=C1CC[C@@H]1[C@@H]2[C@@H](O)C[C@@]2(C)[C@H]1C[C@H]1CN(C(=O)c3cccs3)O[C@]12C(=O)CO. The number of carbonyl (C=O) groups excluding carboxylic acids is 3. The van der Waals surface area contributed by atoms with Crippen LogP contribution in [0.25, 0.3) is 0 Å². The van der Waals surface area contributed by atoms with Crippen LogP contribution in [0.15, 0.2) is 41.3 Å². The van der Waals surface area contributed by atoms with Crippen molar-refractivity contribution < 1.29 is 29.4 Å². The minimum atomic E-state index is -1.35. The lowest BCUT2D eigenvalue weighted by Gasteiger charge is -2.59. The Kier molecular flexibility index (Phi) is 5.11. The molecule has 186 valence electrons. The van der Waals surface area contributed by atoms with E-state index in [2.05, 4.69) is 6.92 Å². The molecule has 35 heavy (non-hydrogen) atoms. The number of hydroxylamine groups is 2. The number of nitrogens with zero attached hydrogens (tertiary/aromatic N) is 1. The molecule has 3 saturated carbocycles. The number of hydrogen-bond donors (Lipinski definition) is 2. The Hall–Kier alpha value is -2.13. The first-order chi connectivity index (χ1) is 16.7. The number of Topliss-reactive ketones (excluding diaryl/α,β-unsaturated/α-hetero) is 1. The predicted molar refractivity (Wildman–Crippen MR) is 128 cm³/mol. The number of thiophene rings is 1. The summed E-state index contributed by atoms with van der Waals surface area (Å²) in [4.78, 5) is 45.6. The Morgan fingerprint density at radius 1 is 1.31 bits per heavy atom. The average molecular weight is 498 g/mol. The van der Waals surface area contributed by atoms with E-state index in [1.165, 1.54) is 16.4 Å². The van der Waals surface area contributed by atoms with Crippen molar-refractivity contribution in [3.63, 3.8) is 0 Å². The summed E-state index contributed by atoms with van der Waals surface area (Å²) in [7, 11) is 0. The first-order valence-electron chi connectivity index (χ1n) is 12.5. The lowest BCUT2D eigenvalue weighted by Crippen LogP contribution is -2.63. The highest BCUT2D eigenvalue weighted by molar-refractivity contribution is 7.12. The topological polar surface area (TPSA) is 104 Å². The van der Waals surface area contributed by atoms with Crippen LogP contribution in [0.3, 0.4) is 0 Å². The number of amides is 1. The third-order valence-corrected chi connectivity index (χ3v) is 10.9.